The first-order valence-electron chi connectivity index (χ1n) is 7.36. The minimum Gasteiger partial charge on any atom is -0.324 e. The number of hydrogen-bond acceptors (Lipinski definition) is 4. The summed E-state index contributed by atoms with van der Waals surface area (Å²) in [4.78, 5) is 19.3. The van der Waals surface area contributed by atoms with Crippen molar-refractivity contribution in [1.82, 2.24) is 9.97 Å². The quantitative estimate of drug-likeness (QED) is 0.319. The van der Waals surface area contributed by atoms with E-state index in [1.54, 1.807) is 30.3 Å². The fourth-order valence-corrected chi connectivity index (χ4v) is 3.51. The Morgan fingerprint density at radius 1 is 1.08 bits per heavy atom. The molecule has 3 aromatic rings. The number of rotatable bonds is 4. The number of carbonyl (C=O) groups is 1. The zero-order chi connectivity index (χ0) is 18.7. The molecule has 0 unspecified atom stereocenters. The summed E-state index contributed by atoms with van der Waals surface area (Å²) in [5.41, 5.74) is 0.845. The summed E-state index contributed by atoms with van der Waals surface area (Å²) in [7, 11) is 0. The largest absolute Gasteiger partial charge is 0.451 e. The third kappa shape index (κ3) is 4.44. The molecule has 2 aromatic carbocycles. The smallest absolute Gasteiger partial charge is 0.324 e. The summed E-state index contributed by atoms with van der Waals surface area (Å²) in [6.45, 7) is 0. The maximum absolute atomic E-state index is 13.0. The Hall–Kier alpha value is -1.88. The molecular formula is C17H11F3IN3OS. The molecule has 0 aliphatic heterocycles. The molecule has 26 heavy (non-hydrogen) atoms. The van der Waals surface area contributed by atoms with Crippen molar-refractivity contribution >= 4 is 56.9 Å². The van der Waals surface area contributed by atoms with E-state index in [1.165, 1.54) is 6.07 Å². The van der Waals surface area contributed by atoms with Crippen molar-refractivity contribution in [2.75, 3.05) is 11.1 Å². The minimum atomic E-state index is -4.65. The van der Waals surface area contributed by atoms with Crippen LogP contribution < -0.4 is 5.32 Å². The summed E-state index contributed by atoms with van der Waals surface area (Å²) in [6, 6.07) is 13.7. The highest BCUT2D eigenvalue weighted by atomic mass is 127. The monoisotopic (exact) mass is 489 g/mol. The van der Waals surface area contributed by atoms with Crippen molar-refractivity contribution in [2.24, 2.45) is 0 Å². The van der Waals surface area contributed by atoms with Gasteiger partial charge in [0.05, 0.1) is 17.0 Å². The fourth-order valence-electron chi connectivity index (χ4n) is 2.17. The van der Waals surface area contributed by atoms with Crippen LogP contribution in [0.2, 0.25) is 0 Å². The lowest BCUT2D eigenvalue weighted by Gasteiger charge is -2.11. The average Bonchev–Trinajstić information content (AvgIpc) is 2.60. The van der Waals surface area contributed by atoms with Gasteiger partial charge in [0.2, 0.25) is 11.7 Å². The van der Waals surface area contributed by atoms with Crippen LogP contribution in [-0.2, 0) is 11.0 Å². The van der Waals surface area contributed by atoms with Gasteiger partial charge in [0, 0.05) is 8.96 Å². The summed E-state index contributed by atoms with van der Waals surface area (Å²) in [5.74, 6) is -1.60. The van der Waals surface area contributed by atoms with E-state index in [0.717, 1.165) is 15.3 Å². The maximum atomic E-state index is 13.0. The van der Waals surface area contributed by atoms with Gasteiger partial charge < -0.3 is 5.32 Å². The predicted octanol–water partition coefficient (Wildman–Crippen LogP) is 4.98. The van der Waals surface area contributed by atoms with Crippen molar-refractivity contribution in [1.29, 1.82) is 0 Å². The van der Waals surface area contributed by atoms with E-state index in [1.807, 2.05) is 12.1 Å². The molecule has 0 aliphatic carbocycles. The molecule has 9 heteroatoms. The van der Waals surface area contributed by atoms with Gasteiger partial charge in [-0.05, 0) is 40.8 Å². The maximum Gasteiger partial charge on any atom is 0.451 e. The van der Waals surface area contributed by atoms with Crippen molar-refractivity contribution in [2.45, 2.75) is 11.2 Å². The summed E-state index contributed by atoms with van der Waals surface area (Å²) >= 11 is 3.04. The van der Waals surface area contributed by atoms with Crippen LogP contribution in [0.25, 0.3) is 10.9 Å². The molecule has 0 radical (unpaired) electrons. The van der Waals surface area contributed by atoms with E-state index in [0.29, 0.717) is 11.1 Å². The Bertz CT molecular complexity index is 965. The lowest BCUT2D eigenvalue weighted by atomic mass is 10.2. The average molecular weight is 489 g/mol. The Morgan fingerprint density at radius 2 is 1.77 bits per heavy atom. The Kier molecular flexibility index (Phi) is 5.66. The number of thioether (sulfide) groups is 1. The van der Waals surface area contributed by atoms with Gasteiger partial charge in [0.25, 0.3) is 0 Å². The van der Waals surface area contributed by atoms with Crippen LogP contribution in [0.1, 0.15) is 5.82 Å². The molecular weight excluding hydrogens is 478 g/mol. The van der Waals surface area contributed by atoms with Crippen LogP contribution in [0.15, 0.2) is 53.6 Å². The highest BCUT2D eigenvalue weighted by Gasteiger charge is 2.35. The summed E-state index contributed by atoms with van der Waals surface area (Å²) in [5, 5.41) is 3.35. The van der Waals surface area contributed by atoms with Gasteiger partial charge in [-0.1, -0.05) is 42.1 Å². The SMILES string of the molecule is O=C(CSc1nc(C(F)(F)F)nc2ccccc12)Nc1ccccc1I. The summed E-state index contributed by atoms with van der Waals surface area (Å²) < 4.78 is 39.9. The third-order valence-corrected chi connectivity index (χ3v) is 5.24. The second-order valence-corrected chi connectivity index (χ2v) is 7.31. The van der Waals surface area contributed by atoms with Gasteiger partial charge in [0.1, 0.15) is 5.03 Å². The molecule has 1 heterocycles. The van der Waals surface area contributed by atoms with Gasteiger partial charge in [-0.2, -0.15) is 13.2 Å². The van der Waals surface area contributed by atoms with Crippen LogP contribution in [0.5, 0.6) is 0 Å². The molecule has 0 saturated heterocycles. The van der Waals surface area contributed by atoms with Crippen LogP contribution >= 0.6 is 34.4 Å². The van der Waals surface area contributed by atoms with Gasteiger partial charge >= 0.3 is 6.18 Å². The van der Waals surface area contributed by atoms with Crippen molar-refractivity contribution in [3.63, 3.8) is 0 Å². The van der Waals surface area contributed by atoms with Gasteiger partial charge in [-0.3, -0.25) is 4.79 Å². The van der Waals surface area contributed by atoms with Crippen molar-refractivity contribution < 1.29 is 18.0 Å². The van der Waals surface area contributed by atoms with Gasteiger partial charge in [0.15, 0.2) is 0 Å². The van der Waals surface area contributed by atoms with Crippen molar-refractivity contribution in [3.8, 4) is 0 Å². The number of hydrogen-bond donors (Lipinski definition) is 1. The number of anilines is 1. The highest BCUT2D eigenvalue weighted by molar-refractivity contribution is 14.1. The number of alkyl halides is 3. The first-order chi connectivity index (χ1) is 12.3. The number of fused-ring (bicyclic) bond motifs is 1. The molecule has 0 fully saturated rings. The zero-order valence-corrected chi connectivity index (χ0v) is 16.0. The van der Waals surface area contributed by atoms with Gasteiger partial charge in [-0.15, -0.1) is 0 Å². The Labute approximate surface area is 164 Å². The number of halogens is 4. The number of nitrogens with one attached hydrogen (secondary N) is 1. The molecule has 134 valence electrons. The van der Waals surface area contributed by atoms with Crippen molar-refractivity contribution in [3.05, 3.63) is 57.9 Å². The molecule has 0 spiro atoms. The highest BCUT2D eigenvalue weighted by Crippen LogP contribution is 2.32. The third-order valence-electron chi connectivity index (χ3n) is 3.31. The van der Waals surface area contributed by atoms with Crippen LogP contribution in [0, 0.1) is 3.57 Å². The normalized spacial score (nSPS) is 11.5. The topological polar surface area (TPSA) is 54.9 Å². The summed E-state index contributed by atoms with van der Waals surface area (Å²) in [6.07, 6.45) is -4.65. The van der Waals surface area contributed by atoms with E-state index >= 15 is 0 Å². The number of para-hydroxylation sites is 2. The van der Waals surface area contributed by atoms with E-state index in [9.17, 15) is 18.0 Å². The van der Waals surface area contributed by atoms with E-state index in [4.69, 9.17) is 0 Å². The minimum absolute atomic E-state index is 0.0662. The molecule has 1 N–H and O–H groups in total. The number of carbonyl (C=O) groups excluding carboxylic acids is 1. The first-order valence-corrected chi connectivity index (χ1v) is 9.42. The molecule has 0 aliphatic rings. The fraction of sp³-hybridized carbons (Fsp3) is 0.118. The Balaban J connectivity index is 1.82. The number of amides is 1. The number of aromatic nitrogens is 2. The van der Waals surface area contributed by atoms with Crippen LogP contribution in [0.3, 0.4) is 0 Å². The standard InChI is InChI=1S/C17H11F3IN3OS/c18-17(19,20)16-23-12-7-3-1-5-10(12)15(24-16)26-9-14(25)22-13-8-4-2-6-11(13)21/h1-8H,9H2,(H,22,25). The molecule has 0 saturated carbocycles. The molecule has 0 bridgehead atoms. The lowest BCUT2D eigenvalue weighted by Crippen LogP contribution is -2.16. The molecule has 4 nitrogen and oxygen atoms in total. The second kappa shape index (κ2) is 7.78. The van der Waals surface area contributed by atoms with E-state index < -0.39 is 12.0 Å². The first kappa shape index (κ1) is 18.9. The zero-order valence-electron chi connectivity index (χ0n) is 13.0. The molecule has 1 aromatic heterocycles. The van der Waals surface area contributed by atoms with E-state index in [2.05, 4.69) is 37.9 Å². The predicted molar refractivity (Wildman–Crippen MR) is 103 cm³/mol. The number of nitrogens with zero attached hydrogens (tertiary/aromatic N) is 2. The molecule has 3 rings (SSSR count). The lowest BCUT2D eigenvalue weighted by molar-refractivity contribution is -0.145. The van der Waals surface area contributed by atoms with Gasteiger partial charge in [-0.25, -0.2) is 9.97 Å². The van der Waals surface area contributed by atoms with Crippen LogP contribution in [-0.4, -0.2) is 21.6 Å². The molecule has 1 amide bonds. The number of benzene rings is 2. The van der Waals surface area contributed by atoms with Crippen LogP contribution in [0.4, 0.5) is 18.9 Å². The second-order valence-electron chi connectivity index (χ2n) is 5.18. The molecule has 0 atom stereocenters. The van der Waals surface area contributed by atoms with E-state index in [-0.39, 0.29) is 22.2 Å². The Morgan fingerprint density at radius 3 is 2.50 bits per heavy atom.